The molecule has 0 N–H and O–H groups in total. The molecule has 2 aliphatic rings. The predicted molar refractivity (Wildman–Crippen MR) is 213 cm³/mol. The Morgan fingerprint density at radius 1 is 0.540 bits per heavy atom. The average molecular weight is 655 g/mol. The Balaban J connectivity index is 1.04. The first-order valence-electron chi connectivity index (χ1n) is 17.4. The van der Waals surface area contributed by atoms with Crippen LogP contribution >= 0.6 is 11.3 Å². The van der Waals surface area contributed by atoms with Crippen LogP contribution in [0.25, 0.3) is 105 Å². The van der Waals surface area contributed by atoms with E-state index in [0.717, 1.165) is 50.7 Å². The molecule has 3 heterocycles. The molecule has 3 heteroatoms. The second kappa shape index (κ2) is 10.5. The van der Waals surface area contributed by atoms with Crippen molar-refractivity contribution in [2.24, 2.45) is 5.92 Å². The van der Waals surface area contributed by atoms with E-state index in [4.69, 9.17) is 9.97 Å². The summed E-state index contributed by atoms with van der Waals surface area (Å²) in [6.45, 7) is 2.30. The summed E-state index contributed by atoms with van der Waals surface area (Å²) in [7, 11) is 0. The molecule has 0 saturated carbocycles. The monoisotopic (exact) mass is 654 g/mol. The Kier molecular flexibility index (Phi) is 5.90. The fourth-order valence-corrected chi connectivity index (χ4v) is 9.64. The SMILES string of the molecule is CC1C=Cc2sc3c(-c4cccc(-c5ccc6ccc7ccc(-c8ccc9c%10c(cccc8%10)-c8ccccc8-9)nc7c6n5)c4)cccc3c2C1. The Morgan fingerprint density at radius 2 is 1.16 bits per heavy atom. The van der Waals surface area contributed by atoms with Crippen LogP contribution in [-0.4, -0.2) is 9.97 Å². The van der Waals surface area contributed by atoms with Crippen molar-refractivity contribution >= 4 is 60.1 Å². The van der Waals surface area contributed by atoms with Crippen LogP contribution in [-0.2, 0) is 6.42 Å². The predicted octanol–water partition coefficient (Wildman–Crippen LogP) is 13.0. The second-order valence-electron chi connectivity index (χ2n) is 13.8. The van der Waals surface area contributed by atoms with Gasteiger partial charge in [0.25, 0.3) is 0 Å². The molecule has 0 fully saturated rings. The molecule has 234 valence electrons. The fourth-order valence-electron chi connectivity index (χ4n) is 8.36. The lowest BCUT2D eigenvalue weighted by atomic mass is 9.92. The number of nitrogens with zero attached hydrogens (tertiary/aromatic N) is 2. The largest absolute Gasteiger partial charge is 0.245 e. The van der Waals surface area contributed by atoms with Gasteiger partial charge in [0.05, 0.1) is 22.4 Å². The average Bonchev–Trinajstić information content (AvgIpc) is 3.71. The van der Waals surface area contributed by atoms with Crippen LogP contribution in [0.3, 0.4) is 0 Å². The summed E-state index contributed by atoms with van der Waals surface area (Å²) in [4.78, 5) is 12.1. The van der Waals surface area contributed by atoms with E-state index < -0.39 is 0 Å². The molecular weight excluding hydrogens is 625 g/mol. The molecule has 50 heavy (non-hydrogen) atoms. The van der Waals surface area contributed by atoms with Crippen molar-refractivity contribution in [2.45, 2.75) is 13.3 Å². The number of fused-ring (bicyclic) bond motifs is 9. The summed E-state index contributed by atoms with van der Waals surface area (Å²) in [6.07, 6.45) is 5.77. The van der Waals surface area contributed by atoms with Crippen molar-refractivity contribution in [2.75, 3.05) is 0 Å². The molecule has 0 saturated heterocycles. The fraction of sp³-hybridized carbons (Fsp3) is 0.0638. The van der Waals surface area contributed by atoms with E-state index in [-0.39, 0.29) is 0 Å². The van der Waals surface area contributed by atoms with Crippen LogP contribution in [0.4, 0.5) is 0 Å². The maximum absolute atomic E-state index is 5.36. The summed E-state index contributed by atoms with van der Waals surface area (Å²) in [5.41, 5.74) is 15.3. The van der Waals surface area contributed by atoms with Crippen molar-refractivity contribution in [1.82, 2.24) is 9.97 Å². The van der Waals surface area contributed by atoms with E-state index in [2.05, 4.69) is 153 Å². The minimum atomic E-state index is 0.578. The molecule has 9 aromatic rings. The highest BCUT2D eigenvalue weighted by atomic mass is 32.1. The molecular formula is C47H30N2S. The maximum Gasteiger partial charge on any atom is 0.0972 e. The van der Waals surface area contributed by atoms with Crippen LogP contribution in [0.15, 0.2) is 140 Å². The molecule has 3 aromatic heterocycles. The second-order valence-corrected chi connectivity index (χ2v) is 14.8. The number of hydrogen-bond donors (Lipinski definition) is 0. The zero-order valence-electron chi connectivity index (χ0n) is 27.4. The van der Waals surface area contributed by atoms with Crippen LogP contribution in [0.1, 0.15) is 17.4 Å². The van der Waals surface area contributed by atoms with Crippen molar-refractivity contribution < 1.29 is 0 Å². The summed E-state index contributed by atoms with van der Waals surface area (Å²) < 4.78 is 1.37. The van der Waals surface area contributed by atoms with Crippen LogP contribution in [0.2, 0.25) is 0 Å². The van der Waals surface area contributed by atoms with Gasteiger partial charge in [-0.05, 0) is 91.7 Å². The van der Waals surface area contributed by atoms with E-state index in [9.17, 15) is 0 Å². The van der Waals surface area contributed by atoms with Gasteiger partial charge in [-0.3, -0.25) is 0 Å². The number of thiophene rings is 1. The van der Waals surface area contributed by atoms with Crippen molar-refractivity contribution in [3.05, 3.63) is 150 Å². The van der Waals surface area contributed by atoms with Gasteiger partial charge in [-0.2, -0.15) is 0 Å². The molecule has 0 bridgehead atoms. The Hall–Kier alpha value is -5.90. The quantitative estimate of drug-likeness (QED) is 0.177. The van der Waals surface area contributed by atoms with Gasteiger partial charge >= 0.3 is 0 Å². The van der Waals surface area contributed by atoms with Gasteiger partial charge in [-0.25, -0.2) is 9.97 Å². The zero-order valence-corrected chi connectivity index (χ0v) is 28.3. The van der Waals surface area contributed by atoms with Gasteiger partial charge in [-0.1, -0.05) is 128 Å². The lowest BCUT2D eigenvalue weighted by Crippen LogP contribution is -2.00. The molecule has 11 rings (SSSR count). The molecule has 2 aliphatic carbocycles. The first-order chi connectivity index (χ1) is 24.7. The summed E-state index contributed by atoms with van der Waals surface area (Å²) in [6, 6.07) is 48.6. The van der Waals surface area contributed by atoms with Crippen LogP contribution in [0.5, 0.6) is 0 Å². The molecule has 0 spiro atoms. The number of pyridine rings is 2. The maximum atomic E-state index is 5.36. The normalized spacial score (nSPS) is 14.5. The van der Waals surface area contributed by atoms with E-state index in [1.54, 1.807) is 0 Å². The summed E-state index contributed by atoms with van der Waals surface area (Å²) in [5, 5.41) is 6.13. The summed E-state index contributed by atoms with van der Waals surface area (Å²) >= 11 is 1.92. The third-order valence-electron chi connectivity index (χ3n) is 10.8. The minimum Gasteiger partial charge on any atom is -0.245 e. The highest BCUT2D eigenvalue weighted by Crippen LogP contribution is 2.49. The lowest BCUT2D eigenvalue weighted by molar-refractivity contribution is 0.724. The van der Waals surface area contributed by atoms with Crippen LogP contribution < -0.4 is 0 Å². The third-order valence-corrected chi connectivity index (χ3v) is 12.0. The van der Waals surface area contributed by atoms with E-state index in [1.807, 2.05) is 11.3 Å². The third kappa shape index (κ3) is 4.08. The van der Waals surface area contributed by atoms with Gasteiger partial charge in [0.1, 0.15) is 0 Å². The molecule has 0 radical (unpaired) electrons. The molecule has 2 nitrogen and oxygen atoms in total. The van der Waals surface area contributed by atoms with Gasteiger partial charge in [0, 0.05) is 31.5 Å². The standard InChI is InChI=1S/C47H30N2S/c1-27-15-24-43-40(25-27)39-14-5-11-32(47(39)50-43)30-7-4-8-31(26-30)41-22-18-28-16-17-29-19-23-42(49-46(29)45(28)48-41)35-20-21-38-34-10-3-2-9-33(34)36-12-6-13-37(35)44(36)38/h2-24,26-27H,25H2,1H3. The first-order valence-corrected chi connectivity index (χ1v) is 18.2. The molecule has 6 aromatic carbocycles. The van der Waals surface area contributed by atoms with Gasteiger partial charge < -0.3 is 0 Å². The number of hydrogen-bond acceptors (Lipinski definition) is 3. The lowest BCUT2D eigenvalue weighted by Gasteiger charge is -2.12. The number of aromatic nitrogens is 2. The molecule has 1 atom stereocenters. The van der Waals surface area contributed by atoms with E-state index >= 15 is 0 Å². The minimum absolute atomic E-state index is 0.578. The first kappa shape index (κ1) is 28.0. The van der Waals surface area contributed by atoms with E-state index in [0.29, 0.717) is 5.92 Å². The van der Waals surface area contributed by atoms with Crippen molar-refractivity contribution in [3.8, 4) is 55.9 Å². The Morgan fingerprint density at radius 3 is 1.98 bits per heavy atom. The van der Waals surface area contributed by atoms with Crippen LogP contribution in [0, 0.1) is 5.92 Å². The van der Waals surface area contributed by atoms with E-state index in [1.165, 1.54) is 64.7 Å². The van der Waals surface area contributed by atoms with Gasteiger partial charge in [0.15, 0.2) is 0 Å². The highest BCUT2D eigenvalue weighted by molar-refractivity contribution is 7.20. The number of allylic oxidation sites excluding steroid dienone is 1. The van der Waals surface area contributed by atoms with Gasteiger partial charge in [0.2, 0.25) is 0 Å². The topological polar surface area (TPSA) is 25.8 Å². The molecule has 0 aliphatic heterocycles. The highest BCUT2D eigenvalue weighted by Gasteiger charge is 2.23. The van der Waals surface area contributed by atoms with Gasteiger partial charge in [-0.15, -0.1) is 11.3 Å². The molecule has 1 unspecified atom stereocenters. The number of benzene rings is 6. The summed E-state index contributed by atoms with van der Waals surface area (Å²) in [5.74, 6) is 0.578. The smallest absolute Gasteiger partial charge is 0.0972 e. The van der Waals surface area contributed by atoms with Crippen molar-refractivity contribution in [3.63, 3.8) is 0 Å². The van der Waals surface area contributed by atoms with Crippen molar-refractivity contribution in [1.29, 1.82) is 0 Å². The zero-order chi connectivity index (χ0) is 32.9. The molecule has 0 amide bonds. The Labute approximate surface area is 294 Å². The Bertz CT molecular complexity index is 2900. The number of rotatable bonds is 3.